The van der Waals surface area contributed by atoms with E-state index in [4.69, 9.17) is 32.4 Å². The van der Waals surface area contributed by atoms with Gasteiger partial charge in [0.1, 0.15) is 18.1 Å². The van der Waals surface area contributed by atoms with Crippen LogP contribution >= 0.6 is 23.2 Å². The molecule has 0 bridgehead atoms. The van der Waals surface area contributed by atoms with Gasteiger partial charge in [-0.25, -0.2) is 0 Å². The van der Waals surface area contributed by atoms with Gasteiger partial charge in [-0.15, -0.1) is 0 Å². The number of hydrogen-bond acceptors (Lipinski definition) is 3. The summed E-state index contributed by atoms with van der Waals surface area (Å²) in [5.41, 5.74) is 1.70. The Hall–Kier alpha value is -2.76. The van der Waals surface area contributed by atoms with E-state index in [-0.39, 0.29) is 17.4 Å². The van der Waals surface area contributed by atoms with E-state index in [2.05, 4.69) is 69.3 Å². The number of hydrogen-bond donors (Lipinski definition) is 1. The van der Waals surface area contributed by atoms with Crippen molar-refractivity contribution in [3.05, 3.63) is 118 Å². The van der Waals surface area contributed by atoms with Gasteiger partial charge in [-0.3, -0.25) is 0 Å². The highest BCUT2D eigenvalue weighted by Crippen LogP contribution is 2.37. The minimum absolute atomic E-state index is 0.135. The first kappa shape index (κ1) is 26.3. The lowest BCUT2D eigenvalue weighted by Crippen LogP contribution is -2.66. The molecule has 0 saturated carbocycles. The molecule has 0 aliphatic rings. The summed E-state index contributed by atoms with van der Waals surface area (Å²) in [7, 11) is -2.69. The van der Waals surface area contributed by atoms with E-state index in [1.807, 2.05) is 18.2 Å². The summed E-state index contributed by atoms with van der Waals surface area (Å²) in [6.07, 6.45) is 0. The molecule has 0 unspecified atom stereocenters. The second kappa shape index (κ2) is 11.1. The molecule has 3 nitrogen and oxygen atoms in total. The van der Waals surface area contributed by atoms with Crippen molar-refractivity contribution in [2.75, 3.05) is 0 Å². The van der Waals surface area contributed by atoms with Crippen LogP contribution in [0.5, 0.6) is 11.5 Å². The number of phenols is 1. The van der Waals surface area contributed by atoms with Gasteiger partial charge >= 0.3 is 0 Å². The van der Waals surface area contributed by atoms with Crippen LogP contribution in [0.25, 0.3) is 0 Å². The van der Waals surface area contributed by atoms with E-state index >= 15 is 0 Å². The molecule has 4 rings (SSSR count). The molecule has 0 radical (unpaired) electrons. The zero-order valence-electron chi connectivity index (χ0n) is 20.7. The number of ether oxygens (including phenoxy) is 1. The second-order valence-electron chi connectivity index (χ2n) is 9.82. The summed E-state index contributed by atoms with van der Waals surface area (Å²) >= 11 is 12.2. The summed E-state index contributed by atoms with van der Waals surface area (Å²) in [6, 6.07) is 31.6. The summed E-state index contributed by atoms with van der Waals surface area (Å²) in [4.78, 5) is 0. The lowest BCUT2D eigenvalue weighted by molar-refractivity contribution is 0.283. The van der Waals surface area contributed by atoms with Gasteiger partial charge in [0.15, 0.2) is 0 Å². The van der Waals surface area contributed by atoms with Crippen molar-refractivity contribution in [3.63, 3.8) is 0 Å². The van der Waals surface area contributed by atoms with Crippen molar-refractivity contribution in [1.29, 1.82) is 0 Å². The van der Waals surface area contributed by atoms with Gasteiger partial charge in [-0.2, -0.15) is 0 Å². The standard InChI is InChI=1S/C30H30Cl2O3Si/c1-30(2,3)36(26-10-6-4-7-11-26,27-12-8-5-9-13-27)35-21-23-16-22(17-25(33)18-23)20-34-29-15-14-24(31)19-28(29)32/h4-19,33H,20-21H2,1-3H3. The number of phenolic OH excluding ortho intramolecular Hbond substituents is 1. The Balaban J connectivity index is 1.64. The summed E-state index contributed by atoms with van der Waals surface area (Å²) in [6.45, 7) is 7.35. The number of aromatic hydroxyl groups is 1. The van der Waals surface area contributed by atoms with E-state index in [1.165, 1.54) is 10.4 Å². The lowest BCUT2D eigenvalue weighted by atomic mass is 10.1. The van der Waals surface area contributed by atoms with Crippen molar-refractivity contribution in [3.8, 4) is 11.5 Å². The highest BCUT2D eigenvalue weighted by molar-refractivity contribution is 6.99. The fraction of sp³-hybridized carbons (Fsp3) is 0.200. The summed E-state index contributed by atoms with van der Waals surface area (Å²) in [5, 5.41) is 13.7. The Morgan fingerprint density at radius 2 is 1.28 bits per heavy atom. The highest BCUT2D eigenvalue weighted by atomic mass is 35.5. The van der Waals surface area contributed by atoms with Crippen LogP contribution in [-0.2, 0) is 17.6 Å². The van der Waals surface area contributed by atoms with E-state index in [1.54, 1.807) is 30.3 Å². The Morgan fingerprint density at radius 3 is 1.81 bits per heavy atom. The van der Waals surface area contributed by atoms with E-state index in [0.29, 0.717) is 22.4 Å². The quantitative estimate of drug-likeness (QED) is 0.239. The highest BCUT2D eigenvalue weighted by Gasteiger charge is 2.50. The predicted molar refractivity (Wildman–Crippen MR) is 151 cm³/mol. The van der Waals surface area contributed by atoms with Gasteiger partial charge in [0.25, 0.3) is 8.32 Å². The number of benzene rings is 4. The molecule has 0 fully saturated rings. The first-order valence-electron chi connectivity index (χ1n) is 11.8. The monoisotopic (exact) mass is 536 g/mol. The van der Waals surface area contributed by atoms with Gasteiger partial charge in [0.2, 0.25) is 0 Å². The van der Waals surface area contributed by atoms with Crippen molar-refractivity contribution in [2.24, 2.45) is 0 Å². The maximum absolute atomic E-state index is 10.5. The molecular formula is C30H30Cl2O3Si. The summed E-state index contributed by atoms with van der Waals surface area (Å²) < 4.78 is 12.9. The first-order chi connectivity index (χ1) is 17.2. The van der Waals surface area contributed by atoms with Crippen LogP contribution in [0.3, 0.4) is 0 Å². The molecule has 0 heterocycles. The Morgan fingerprint density at radius 1 is 0.722 bits per heavy atom. The van der Waals surface area contributed by atoms with Gasteiger partial charge in [0, 0.05) is 5.02 Å². The van der Waals surface area contributed by atoms with Crippen molar-refractivity contribution < 1.29 is 14.3 Å². The number of rotatable bonds is 8. The van der Waals surface area contributed by atoms with Crippen molar-refractivity contribution in [1.82, 2.24) is 0 Å². The molecule has 0 saturated heterocycles. The Labute approximate surface area is 224 Å². The zero-order chi connectivity index (χ0) is 25.8. The van der Waals surface area contributed by atoms with E-state index in [9.17, 15) is 5.11 Å². The third-order valence-electron chi connectivity index (χ3n) is 6.20. The van der Waals surface area contributed by atoms with Gasteiger partial charge in [-0.05, 0) is 62.9 Å². The Kier molecular flexibility index (Phi) is 8.11. The molecule has 4 aromatic carbocycles. The molecule has 1 N–H and O–H groups in total. The summed E-state index contributed by atoms with van der Waals surface area (Å²) in [5.74, 6) is 0.703. The van der Waals surface area contributed by atoms with Crippen LogP contribution in [0.15, 0.2) is 97.1 Å². The third-order valence-corrected chi connectivity index (χ3v) is 11.7. The molecule has 6 heteroatoms. The first-order valence-corrected chi connectivity index (χ1v) is 14.5. The molecule has 0 aliphatic heterocycles. The van der Waals surface area contributed by atoms with Crippen LogP contribution < -0.4 is 15.1 Å². The van der Waals surface area contributed by atoms with Crippen LogP contribution in [0, 0.1) is 0 Å². The van der Waals surface area contributed by atoms with Crippen molar-refractivity contribution in [2.45, 2.75) is 39.0 Å². The van der Waals surface area contributed by atoms with Gasteiger partial charge < -0.3 is 14.3 Å². The van der Waals surface area contributed by atoms with Crippen LogP contribution in [0.4, 0.5) is 0 Å². The van der Waals surface area contributed by atoms with Crippen LogP contribution in [-0.4, -0.2) is 13.4 Å². The predicted octanol–water partition coefficient (Wildman–Crippen LogP) is 7.35. The Bertz CT molecular complexity index is 1270. The maximum atomic E-state index is 10.5. The molecule has 0 atom stereocenters. The third kappa shape index (κ3) is 5.79. The van der Waals surface area contributed by atoms with Gasteiger partial charge in [0.05, 0.1) is 11.6 Å². The fourth-order valence-electron chi connectivity index (χ4n) is 4.62. The smallest absolute Gasteiger partial charge is 0.261 e. The topological polar surface area (TPSA) is 38.7 Å². The fourth-order valence-corrected chi connectivity index (χ4v) is 9.62. The molecule has 4 aromatic rings. The lowest BCUT2D eigenvalue weighted by Gasteiger charge is -2.43. The van der Waals surface area contributed by atoms with E-state index < -0.39 is 8.32 Å². The number of halogens is 2. The molecule has 0 aromatic heterocycles. The minimum Gasteiger partial charge on any atom is -0.508 e. The minimum atomic E-state index is -2.69. The van der Waals surface area contributed by atoms with Crippen molar-refractivity contribution >= 4 is 41.9 Å². The van der Waals surface area contributed by atoms with E-state index in [0.717, 1.165) is 11.1 Å². The molecule has 0 amide bonds. The largest absolute Gasteiger partial charge is 0.508 e. The molecule has 0 spiro atoms. The van der Waals surface area contributed by atoms with Gasteiger partial charge in [-0.1, -0.05) is 105 Å². The second-order valence-corrected chi connectivity index (χ2v) is 15.0. The zero-order valence-corrected chi connectivity index (χ0v) is 23.2. The molecule has 186 valence electrons. The van der Waals surface area contributed by atoms with Crippen LogP contribution in [0.2, 0.25) is 15.1 Å². The molecular weight excluding hydrogens is 507 g/mol. The van der Waals surface area contributed by atoms with Crippen LogP contribution in [0.1, 0.15) is 31.9 Å². The SMILES string of the molecule is CC(C)(C)[Si](OCc1cc(O)cc(COc2ccc(Cl)cc2Cl)c1)(c1ccccc1)c1ccccc1. The molecule has 36 heavy (non-hydrogen) atoms. The average Bonchev–Trinajstić information content (AvgIpc) is 2.84. The maximum Gasteiger partial charge on any atom is 0.261 e. The molecule has 0 aliphatic carbocycles. The normalized spacial score (nSPS) is 11.9. The average molecular weight is 538 g/mol.